The predicted molar refractivity (Wildman–Crippen MR) is 553 cm³/mol. The molecule has 0 unspecified atom stereocenters. The van der Waals surface area contributed by atoms with Gasteiger partial charge in [-0.1, -0.05) is 96.1 Å². The minimum absolute atomic E-state index is 0.930. The molecule has 0 saturated heterocycles. The van der Waals surface area contributed by atoms with Gasteiger partial charge in [0.2, 0.25) is 0 Å². The van der Waals surface area contributed by atoms with Crippen molar-refractivity contribution in [1.29, 1.82) is 0 Å². The van der Waals surface area contributed by atoms with Gasteiger partial charge < -0.3 is 0 Å². The van der Waals surface area contributed by atoms with Crippen LogP contribution in [0.25, 0.3) is 89.0 Å². The average molecular weight is 1750 g/mol. The van der Waals surface area contributed by atoms with Crippen LogP contribution in [0, 0.1) is 201 Å². The molecule has 133 heavy (non-hydrogen) atoms. The van der Waals surface area contributed by atoms with E-state index in [2.05, 4.69) is 336 Å². The van der Waals surface area contributed by atoms with E-state index in [-0.39, 0.29) is 0 Å². The number of nitrogens with zero attached hydrogens (tertiary/aromatic N) is 10. The van der Waals surface area contributed by atoms with Crippen molar-refractivity contribution in [2.45, 2.75) is 252 Å². The fraction of sp³-hybridized carbons (Fsp3) is 0.301. The molecular formula is C123H128N10. The number of hydrogen-bond donors (Lipinski definition) is 0. The highest BCUT2D eigenvalue weighted by atomic mass is 14.8. The lowest BCUT2D eigenvalue weighted by molar-refractivity contribution is 1.03. The molecular weight excluding hydrogens is 1620 g/mol. The molecule has 0 fully saturated rings. The van der Waals surface area contributed by atoms with Crippen LogP contribution >= 0.6 is 0 Å². The summed E-state index contributed by atoms with van der Waals surface area (Å²) < 4.78 is 0. The number of aryl methyl sites for hydroxylation is 19. The maximum absolute atomic E-state index is 4.62. The van der Waals surface area contributed by atoms with Crippen LogP contribution in [-0.4, -0.2) is 49.8 Å². The van der Waals surface area contributed by atoms with Gasteiger partial charge in [0.05, 0.1) is 45.6 Å². The van der Waals surface area contributed by atoms with Gasteiger partial charge in [-0.05, 0) is 435 Å². The zero-order valence-electron chi connectivity index (χ0n) is 84.1. The first kappa shape index (κ1) is 91.7. The van der Waals surface area contributed by atoms with E-state index in [0.717, 1.165) is 68.4 Å². The lowest BCUT2D eigenvalue weighted by Gasteiger charge is -2.11. The van der Waals surface area contributed by atoms with Crippen LogP contribution in [0.3, 0.4) is 0 Å². The Labute approximate surface area is 790 Å². The van der Waals surface area contributed by atoms with Crippen LogP contribution in [0.1, 0.15) is 252 Å². The summed E-state index contributed by atoms with van der Waals surface area (Å²) in [6, 6.07) is 35.6. The lowest BCUT2D eigenvalue weighted by atomic mass is 9.94. The molecule has 0 radical (unpaired) electrons. The maximum Gasteiger partial charge on any atom is 0.0529 e. The SMILES string of the molecule is Cc1cc(C)c2c(c1)-c1c(ncc(C)c1C)C2.Cc1cc(C)c2c(c1)Cc1ncc(C)c(C)c1-2.Cc1cc2c(cc1C)-c1c(ncc(C)c1C)C2.Cc1ccc2c(c1C)-c1c(ncc(C)c1C)C2.Cc1ccc2c(c1C)Cc1ncc(C)c(C)c1-2.Cc1cnc2c(c1C)-c1c(C)ccc(C)c1C2.Cc1nc(C)c2c(c1C)-c1cccnc1C2.Cc1ncc2c(c1C)-c1cccnc1C2. The highest BCUT2D eigenvalue weighted by molar-refractivity contribution is 5.88. The minimum Gasteiger partial charge on any atom is -0.261 e. The Morgan fingerprint density at radius 2 is 0.579 bits per heavy atom. The topological polar surface area (TPSA) is 129 Å². The number of benzene rings is 6. The van der Waals surface area contributed by atoms with Gasteiger partial charge >= 0.3 is 0 Å². The molecule has 8 aliphatic carbocycles. The molecule has 0 N–H and O–H groups in total. The molecule has 0 spiro atoms. The molecule has 24 rings (SSSR count). The van der Waals surface area contributed by atoms with Gasteiger partial charge in [0.25, 0.3) is 0 Å². The summed E-state index contributed by atoms with van der Waals surface area (Å²) in [5.41, 5.74) is 82.0. The molecule has 6 aromatic carbocycles. The Bertz CT molecular complexity index is 7430. The zero-order valence-corrected chi connectivity index (χ0v) is 84.1. The monoisotopic (exact) mass is 1750 g/mol. The molecule has 10 heteroatoms. The van der Waals surface area contributed by atoms with Gasteiger partial charge in [0.1, 0.15) is 0 Å². The average Bonchev–Trinajstić information content (AvgIpc) is 1.57. The van der Waals surface area contributed by atoms with Gasteiger partial charge in [-0.25, -0.2) is 0 Å². The predicted octanol–water partition coefficient (Wildman–Crippen LogP) is 29.0. The number of aromatic nitrogens is 10. The molecule has 0 atom stereocenters. The van der Waals surface area contributed by atoms with Gasteiger partial charge in [0.15, 0.2) is 0 Å². The molecule has 0 aliphatic heterocycles. The van der Waals surface area contributed by atoms with E-state index in [1.807, 2.05) is 67.9 Å². The van der Waals surface area contributed by atoms with Crippen LogP contribution in [0.2, 0.25) is 0 Å². The molecule has 670 valence electrons. The summed E-state index contributed by atoms with van der Waals surface area (Å²) in [5.74, 6) is 0. The first-order valence-electron chi connectivity index (χ1n) is 47.6. The molecule has 10 heterocycles. The number of hydrogen-bond acceptors (Lipinski definition) is 10. The largest absolute Gasteiger partial charge is 0.261 e. The van der Waals surface area contributed by atoms with Crippen molar-refractivity contribution in [3.05, 3.63) is 405 Å². The van der Waals surface area contributed by atoms with Crippen LogP contribution in [0.4, 0.5) is 0 Å². The van der Waals surface area contributed by atoms with Crippen LogP contribution < -0.4 is 0 Å². The molecule has 0 bridgehead atoms. The highest BCUT2D eigenvalue weighted by Crippen LogP contribution is 2.49. The van der Waals surface area contributed by atoms with Crippen molar-refractivity contribution in [3.63, 3.8) is 0 Å². The van der Waals surface area contributed by atoms with Crippen LogP contribution in [-0.2, 0) is 51.4 Å². The standard InChI is InChI=1S/6C16H17N.C14H14N2.C13H12N2/c1-9-5-13-7-15-16(14(13)6-10(9)2)12(4)11(3)8-17-15;1-9-5-10(2)13-7-15-16(14(13)6-9)12(4)11(3)8-17-15;1-9-5-10(2)15-13(6-9)7-14-16(15)12(4)11(3)8-17-14;1-9-5-6-13-14(11(9)3)7-15-16(13)12(4)10(2)8-17-15;1-9-5-6-13-7-14-16(15(13)11(9)3)12(4)10(2)8-17-14;1-9-5-6-10(2)15-13(9)7-14-16(15)12(4)11(3)8-17-14;1-8-9(2)16-10(3)12-7-13-11(14(8)12)5-4-6-15-13;1-8-9(2)15-7-10-6-12-11(13(8)10)4-3-5-14-12/h6*5-6,8H,7H2,1-4H3;4-6H,7H2,1-3H3;3-5,7H,6H2,1-2H3. The number of rotatable bonds is 0. The quantitative estimate of drug-likeness (QED) is 0.145. The van der Waals surface area contributed by atoms with E-state index in [0.29, 0.717) is 0 Å². The Balaban J connectivity index is 0.000000106. The third kappa shape index (κ3) is 16.8. The van der Waals surface area contributed by atoms with Gasteiger partial charge in [0, 0.05) is 169 Å². The van der Waals surface area contributed by atoms with Crippen molar-refractivity contribution in [2.75, 3.05) is 0 Å². The molecule has 0 amide bonds. The number of pyridine rings is 10. The molecule has 16 aromatic rings. The Kier molecular flexibility index (Phi) is 25.1. The first-order chi connectivity index (χ1) is 63.5. The third-order valence-electron chi connectivity index (χ3n) is 30.7. The van der Waals surface area contributed by atoms with E-state index < -0.39 is 0 Å². The molecule has 10 nitrogen and oxygen atoms in total. The summed E-state index contributed by atoms with van der Waals surface area (Å²) in [6.07, 6.45) is 25.6. The first-order valence-corrected chi connectivity index (χ1v) is 47.6. The van der Waals surface area contributed by atoms with Crippen LogP contribution in [0.15, 0.2) is 153 Å². The van der Waals surface area contributed by atoms with E-state index >= 15 is 0 Å². The van der Waals surface area contributed by atoms with Gasteiger partial charge in [-0.3, -0.25) is 49.8 Å². The van der Waals surface area contributed by atoms with Gasteiger partial charge in [-0.15, -0.1) is 0 Å². The van der Waals surface area contributed by atoms with Gasteiger partial charge in [-0.2, -0.15) is 0 Å². The summed E-state index contributed by atoms with van der Waals surface area (Å²) in [7, 11) is 0. The summed E-state index contributed by atoms with van der Waals surface area (Å²) in [5, 5.41) is 0. The number of fused-ring (bicyclic) bond motifs is 24. The minimum atomic E-state index is 0.930. The van der Waals surface area contributed by atoms with Crippen molar-refractivity contribution in [2.24, 2.45) is 0 Å². The van der Waals surface area contributed by atoms with Crippen molar-refractivity contribution < 1.29 is 0 Å². The third-order valence-corrected chi connectivity index (χ3v) is 30.7. The van der Waals surface area contributed by atoms with Crippen LogP contribution in [0.5, 0.6) is 0 Å². The Morgan fingerprint density at radius 1 is 0.173 bits per heavy atom. The summed E-state index contributed by atoms with van der Waals surface area (Å²) in [6.45, 7) is 63.0. The summed E-state index contributed by atoms with van der Waals surface area (Å²) >= 11 is 0. The zero-order chi connectivity index (χ0) is 94.6. The van der Waals surface area contributed by atoms with E-state index in [1.54, 1.807) is 0 Å². The lowest BCUT2D eigenvalue weighted by Crippen LogP contribution is -1.97. The second-order valence-corrected chi connectivity index (χ2v) is 39.3. The van der Waals surface area contributed by atoms with Crippen molar-refractivity contribution in [3.8, 4) is 89.0 Å². The smallest absolute Gasteiger partial charge is 0.0529 e. The maximum atomic E-state index is 4.62. The second kappa shape index (κ2) is 36.4. The molecule has 10 aromatic heterocycles. The van der Waals surface area contributed by atoms with E-state index in [1.165, 1.54) is 324 Å². The Hall–Kier alpha value is -13.2. The van der Waals surface area contributed by atoms with Crippen molar-refractivity contribution in [1.82, 2.24) is 49.8 Å². The molecule has 8 aliphatic rings. The normalized spacial score (nSPS) is 12.5. The van der Waals surface area contributed by atoms with E-state index in [4.69, 9.17) is 0 Å². The van der Waals surface area contributed by atoms with E-state index in [9.17, 15) is 0 Å². The summed E-state index contributed by atoms with van der Waals surface area (Å²) in [4.78, 5) is 45.5. The van der Waals surface area contributed by atoms with Crippen molar-refractivity contribution >= 4 is 0 Å². The fourth-order valence-corrected chi connectivity index (χ4v) is 21.6. The molecule has 0 saturated carbocycles. The Morgan fingerprint density at radius 3 is 1.17 bits per heavy atom. The highest BCUT2D eigenvalue weighted by Gasteiger charge is 2.33. The second-order valence-electron chi connectivity index (χ2n) is 39.3. The fourth-order valence-electron chi connectivity index (χ4n) is 21.6.